The van der Waals surface area contributed by atoms with E-state index in [2.05, 4.69) is 61.8 Å². The molecule has 0 aromatic heterocycles. The molecule has 1 fully saturated rings. The summed E-state index contributed by atoms with van der Waals surface area (Å²) in [4.78, 5) is 2.55. The van der Waals surface area contributed by atoms with Crippen LogP contribution in [0.5, 0.6) is 0 Å². The van der Waals surface area contributed by atoms with Gasteiger partial charge < -0.3 is 5.32 Å². The molecule has 0 aliphatic carbocycles. The SMILES string of the molecule is C=C(NCC(C)C)[C@@H]1CCN(Cc2ccccc2C)C1. The fourth-order valence-corrected chi connectivity index (χ4v) is 2.77. The molecule has 1 aromatic carbocycles. The molecule has 2 rings (SSSR count). The van der Waals surface area contributed by atoms with Gasteiger partial charge in [0.15, 0.2) is 0 Å². The predicted molar refractivity (Wildman–Crippen MR) is 86.5 cm³/mol. The van der Waals surface area contributed by atoms with Crippen LogP contribution in [0.4, 0.5) is 0 Å². The number of benzene rings is 1. The number of aryl methyl sites for hydroxylation is 1. The Morgan fingerprint density at radius 1 is 1.40 bits per heavy atom. The van der Waals surface area contributed by atoms with Gasteiger partial charge in [-0.05, 0) is 36.9 Å². The Morgan fingerprint density at radius 3 is 2.85 bits per heavy atom. The fraction of sp³-hybridized carbons (Fsp3) is 0.556. The third-order valence-electron chi connectivity index (χ3n) is 4.16. The third-order valence-corrected chi connectivity index (χ3v) is 4.16. The van der Waals surface area contributed by atoms with E-state index in [0.29, 0.717) is 11.8 Å². The fourth-order valence-electron chi connectivity index (χ4n) is 2.77. The number of nitrogens with zero attached hydrogens (tertiary/aromatic N) is 1. The molecule has 1 atom stereocenters. The monoisotopic (exact) mass is 272 g/mol. The lowest BCUT2D eigenvalue weighted by molar-refractivity contribution is 0.320. The lowest BCUT2D eigenvalue weighted by Crippen LogP contribution is -2.26. The topological polar surface area (TPSA) is 15.3 Å². The molecule has 2 nitrogen and oxygen atoms in total. The molecule has 1 aromatic rings. The largest absolute Gasteiger partial charge is 0.388 e. The van der Waals surface area contributed by atoms with Crippen LogP contribution in [0.15, 0.2) is 36.5 Å². The highest BCUT2D eigenvalue weighted by atomic mass is 15.1. The minimum Gasteiger partial charge on any atom is -0.388 e. The van der Waals surface area contributed by atoms with Crippen molar-refractivity contribution < 1.29 is 0 Å². The van der Waals surface area contributed by atoms with Crippen LogP contribution < -0.4 is 5.32 Å². The van der Waals surface area contributed by atoms with Gasteiger partial charge in [-0.15, -0.1) is 0 Å². The van der Waals surface area contributed by atoms with Gasteiger partial charge in [-0.2, -0.15) is 0 Å². The van der Waals surface area contributed by atoms with Gasteiger partial charge >= 0.3 is 0 Å². The molecule has 2 heteroatoms. The number of rotatable bonds is 6. The quantitative estimate of drug-likeness (QED) is 0.851. The smallest absolute Gasteiger partial charge is 0.0236 e. The van der Waals surface area contributed by atoms with Gasteiger partial charge in [-0.1, -0.05) is 44.7 Å². The van der Waals surface area contributed by atoms with Crippen LogP contribution in [0.25, 0.3) is 0 Å². The molecule has 20 heavy (non-hydrogen) atoms. The Bertz CT molecular complexity index is 450. The number of hydrogen-bond donors (Lipinski definition) is 1. The Labute approximate surface area is 123 Å². The van der Waals surface area contributed by atoms with E-state index >= 15 is 0 Å². The summed E-state index contributed by atoms with van der Waals surface area (Å²) in [6, 6.07) is 8.70. The maximum absolute atomic E-state index is 4.23. The van der Waals surface area contributed by atoms with Gasteiger partial charge in [0.1, 0.15) is 0 Å². The molecule has 1 aliphatic rings. The Kier molecular flexibility index (Phi) is 5.24. The summed E-state index contributed by atoms with van der Waals surface area (Å²) in [6.45, 7) is 15.3. The van der Waals surface area contributed by atoms with Crippen molar-refractivity contribution in [3.8, 4) is 0 Å². The Morgan fingerprint density at radius 2 is 2.15 bits per heavy atom. The van der Waals surface area contributed by atoms with Crippen LogP contribution in [0.3, 0.4) is 0 Å². The van der Waals surface area contributed by atoms with Crippen molar-refractivity contribution in [2.75, 3.05) is 19.6 Å². The van der Waals surface area contributed by atoms with E-state index in [0.717, 1.165) is 19.6 Å². The molecule has 0 radical (unpaired) electrons. The van der Waals surface area contributed by atoms with Crippen molar-refractivity contribution in [2.24, 2.45) is 11.8 Å². The lowest BCUT2D eigenvalue weighted by Gasteiger charge is -2.20. The molecular formula is C18H28N2. The number of hydrogen-bond acceptors (Lipinski definition) is 2. The van der Waals surface area contributed by atoms with Crippen LogP contribution in [0.1, 0.15) is 31.4 Å². The number of nitrogens with one attached hydrogen (secondary N) is 1. The van der Waals surface area contributed by atoms with Gasteiger partial charge in [0.2, 0.25) is 0 Å². The molecule has 1 N–H and O–H groups in total. The molecule has 1 aliphatic heterocycles. The zero-order valence-corrected chi connectivity index (χ0v) is 13.2. The maximum Gasteiger partial charge on any atom is 0.0236 e. The highest BCUT2D eigenvalue weighted by Gasteiger charge is 2.24. The average molecular weight is 272 g/mol. The van der Waals surface area contributed by atoms with Crippen molar-refractivity contribution >= 4 is 0 Å². The molecule has 1 heterocycles. The summed E-state index contributed by atoms with van der Waals surface area (Å²) < 4.78 is 0. The van der Waals surface area contributed by atoms with Gasteiger partial charge in [0.05, 0.1) is 0 Å². The van der Waals surface area contributed by atoms with E-state index < -0.39 is 0 Å². The molecule has 0 unspecified atom stereocenters. The second kappa shape index (κ2) is 6.94. The van der Waals surface area contributed by atoms with Gasteiger partial charge in [-0.25, -0.2) is 0 Å². The minimum atomic E-state index is 0.609. The van der Waals surface area contributed by atoms with Crippen molar-refractivity contribution in [3.05, 3.63) is 47.7 Å². The molecule has 0 amide bonds. The van der Waals surface area contributed by atoms with Crippen LogP contribution >= 0.6 is 0 Å². The predicted octanol–water partition coefficient (Wildman–Crippen LogP) is 3.58. The minimum absolute atomic E-state index is 0.609. The summed E-state index contributed by atoms with van der Waals surface area (Å²) in [7, 11) is 0. The van der Waals surface area contributed by atoms with Crippen molar-refractivity contribution in [2.45, 2.75) is 33.7 Å². The first-order chi connectivity index (χ1) is 9.56. The summed E-state index contributed by atoms with van der Waals surface area (Å²) in [5.41, 5.74) is 4.08. The first kappa shape index (κ1) is 15.1. The summed E-state index contributed by atoms with van der Waals surface area (Å²) in [5, 5.41) is 3.50. The average Bonchev–Trinajstić information content (AvgIpc) is 2.87. The van der Waals surface area contributed by atoms with E-state index in [9.17, 15) is 0 Å². The van der Waals surface area contributed by atoms with Gasteiger partial charge in [-0.3, -0.25) is 4.90 Å². The Hall–Kier alpha value is -1.28. The van der Waals surface area contributed by atoms with E-state index in [1.165, 1.54) is 29.8 Å². The first-order valence-corrected chi connectivity index (χ1v) is 7.75. The van der Waals surface area contributed by atoms with Gasteiger partial charge in [0, 0.05) is 31.2 Å². The molecule has 0 saturated carbocycles. The highest BCUT2D eigenvalue weighted by Crippen LogP contribution is 2.23. The first-order valence-electron chi connectivity index (χ1n) is 7.75. The third kappa shape index (κ3) is 4.11. The van der Waals surface area contributed by atoms with Gasteiger partial charge in [0.25, 0.3) is 0 Å². The second-order valence-corrected chi connectivity index (χ2v) is 6.45. The van der Waals surface area contributed by atoms with Crippen LogP contribution in [-0.4, -0.2) is 24.5 Å². The van der Waals surface area contributed by atoms with Crippen LogP contribution in [0.2, 0.25) is 0 Å². The summed E-state index contributed by atoms with van der Waals surface area (Å²) in [6.07, 6.45) is 1.23. The van der Waals surface area contributed by atoms with E-state index in [4.69, 9.17) is 0 Å². The Balaban J connectivity index is 1.83. The zero-order valence-electron chi connectivity index (χ0n) is 13.2. The highest BCUT2D eigenvalue weighted by molar-refractivity contribution is 5.25. The number of likely N-dealkylation sites (tertiary alicyclic amines) is 1. The maximum atomic E-state index is 4.23. The van der Waals surface area contributed by atoms with Crippen molar-refractivity contribution in [1.82, 2.24) is 10.2 Å². The molecule has 0 spiro atoms. The summed E-state index contributed by atoms with van der Waals surface area (Å²) >= 11 is 0. The molecule has 110 valence electrons. The second-order valence-electron chi connectivity index (χ2n) is 6.45. The molecule has 0 bridgehead atoms. The zero-order chi connectivity index (χ0) is 14.5. The molecule has 1 saturated heterocycles. The normalized spacial score (nSPS) is 19.5. The van der Waals surface area contributed by atoms with E-state index in [-0.39, 0.29) is 0 Å². The molecular weight excluding hydrogens is 244 g/mol. The lowest BCUT2D eigenvalue weighted by atomic mass is 10.1. The van der Waals surface area contributed by atoms with E-state index in [1.54, 1.807) is 0 Å². The van der Waals surface area contributed by atoms with Crippen LogP contribution in [-0.2, 0) is 6.54 Å². The van der Waals surface area contributed by atoms with Crippen LogP contribution in [0, 0.1) is 18.8 Å². The summed E-state index contributed by atoms with van der Waals surface area (Å²) in [5.74, 6) is 1.29. The van der Waals surface area contributed by atoms with E-state index in [1.807, 2.05) is 0 Å². The van der Waals surface area contributed by atoms with Crippen molar-refractivity contribution in [1.29, 1.82) is 0 Å². The standard InChI is InChI=1S/C18H28N2/c1-14(2)11-19-16(4)18-9-10-20(13-18)12-17-8-6-5-7-15(17)3/h5-8,14,18-19H,4,9-13H2,1-3H3/t18-/m1/s1. The van der Waals surface area contributed by atoms with Crippen molar-refractivity contribution in [3.63, 3.8) is 0 Å².